The third-order valence-corrected chi connectivity index (χ3v) is 2.73. The molecule has 0 aliphatic rings. The van der Waals surface area contributed by atoms with Crippen LogP contribution in [0.1, 0.15) is 16.1 Å². The van der Waals surface area contributed by atoms with E-state index in [4.69, 9.17) is 8.83 Å². The van der Waals surface area contributed by atoms with Crippen molar-refractivity contribution in [1.29, 1.82) is 0 Å². The van der Waals surface area contributed by atoms with Crippen molar-refractivity contribution < 1.29 is 13.6 Å². The number of carbonyl (C=O) groups excluding carboxylic acids is 1. The van der Waals surface area contributed by atoms with Crippen LogP contribution in [0, 0.1) is 0 Å². The zero-order valence-electron chi connectivity index (χ0n) is 9.55. The standard InChI is InChI=1S/C14H11NO3/c16-14(15-8-10-4-3-7-17-10)12-9-18-13-6-2-1-5-11(12)13/h1-7,9H,8H2,(H,15,16). The number of furan rings is 2. The second kappa shape index (κ2) is 4.41. The lowest BCUT2D eigenvalue weighted by Crippen LogP contribution is -2.22. The van der Waals surface area contributed by atoms with E-state index in [9.17, 15) is 4.79 Å². The fourth-order valence-electron chi connectivity index (χ4n) is 1.83. The van der Waals surface area contributed by atoms with Crippen molar-refractivity contribution >= 4 is 16.9 Å². The van der Waals surface area contributed by atoms with Gasteiger partial charge in [0.15, 0.2) is 0 Å². The third kappa shape index (κ3) is 1.88. The molecule has 90 valence electrons. The topological polar surface area (TPSA) is 55.4 Å². The van der Waals surface area contributed by atoms with Crippen molar-refractivity contribution in [3.8, 4) is 0 Å². The van der Waals surface area contributed by atoms with Gasteiger partial charge in [0, 0.05) is 5.39 Å². The lowest BCUT2D eigenvalue weighted by Gasteiger charge is -2.01. The molecule has 1 aromatic carbocycles. The average molecular weight is 241 g/mol. The summed E-state index contributed by atoms with van der Waals surface area (Å²) in [6.07, 6.45) is 3.05. The van der Waals surface area contributed by atoms with E-state index in [0.717, 1.165) is 11.1 Å². The Labute approximate surface area is 103 Å². The van der Waals surface area contributed by atoms with Crippen LogP contribution in [0.4, 0.5) is 0 Å². The minimum absolute atomic E-state index is 0.170. The minimum Gasteiger partial charge on any atom is -0.467 e. The number of hydrogen-bond donors (Lipinski definition) is 1. The van der Waals surface area contributed by atoms with Crippen molar-refractivity contribution in [3.63, 3.8) is 0 Å². The lowest BCUT2D eigenvalue weighted by molar-refractivity contribution is 0.0949. The number of nitrogens with one attached hydrogen (secondary N) is 1. The maximum absolute atomic E-state index is 12.0. The SMILES string of the molecule is O=C(NCc1ccco1)c1coc2ccccc12. The van der Waals surface area contributed by atoms with Crippen LogP contribution in [0.2, 0.25) is 0 Å². The predicted octanol–water partition coefficient (Wildman–Crippen LogP) is 2.96. The van der Waals surface area contributed by atoms with E-state index in [2.05, 4.69) is 5.32 Å². The Morgan fingerprint density at radius 2 is 2.00 bits per heavy atom. The van der Waals surface area contributed by atoms with Crippen LogP contribution in [-0.2, 0) is 6.54 Å². The number of carbonyl (C=O) groups is 1. The first-order valence-electron chi connectivity index (χ1n) is 5.61. The van der Waals surface area contributed by atoms with E-state index in [0.29, 0.717) is 17.7 Å². The van der Waals surface area contributed by atoms with Gasteiger partial charge in [-0.3, -0.25) is 4.79 Å². The van der Waals surface area contributed by atoms with Crippen LogP contribution in [0.5, 0.6) is 0 Å². The summed E-state index contributed by atoms with van der Waals surface area (Å²) in [5.41, 5.74) is 1.25. The van der Waals surface area contributed by atoms with Gasteiger partial charge >= 0.3 is 0 Å². The van der Waals surface area contributed by atoms with Crippen LogP contribution in [0.25, 0.3) is 11.0 Å². The highest BCUT2D eigenvalue weighted by Gasteiger charge is 2.13. The summed E-state index contributed by atoms with van der Waals surface area (Å²) in [5, 5.41) is 3.60. The van der Waals surface area contributed by atoms with Gasteiger partial charge in [-0.2, -0.15) is 0 Å². The Bertz CT molecular complexity index is 667. The number of hydrogen-bond acceptors (Lipinski definition) is 3. The first-order valence-corrected chi connectivity index (χ1v) is 5.61. The van der Waals surface area contributed by atoms with E-state index in [1.807, 2.05) is 30.3 Å². The molecule has 1 N–H and O–H groups in total. The molecule has 0 aliphatic carbocycles. The zero-order valence-corrected chi connectivity index (χ0v) is 9.55. The highest BCUT2D eigenvalue weighted by Crippen LogP contribution is 2.20. The summed E-state index contributed by atoms with van der Waals surface area (Å²) in [5.74, 6) is 0.549. The maximum Gasteiger partial charge on any atom is 0.255 e. The summed E-state index contributed by atoms with van der Waals surface area (Å²) >= 11 is 0. The summed E-state index contributed by atoms with van der Waals surface area (Å²) in [6, 6.07) is 11.0. The number of para-hydroxylation sites is 1. The molecule has 0 atom stereocenters. The molecule has 0 fully saturated rings. The van der Waals surface area contributed by atoms with Crippen LogP contribution in [0.3, 0.4) is 0 Å². The van der Waals surface area contributed by atoms with Gasteiger partial charge < -0.3 is 14.2 Å². The molecule has 1 amide bonds. The molecule has 2 aromatic heterocycles. The number of benzene rings is 1. The second-order valence-electron chi connectivity index (χ2n) is 3.91. The second-order valence-corrected chi connectivity index (χ2v) is 3.91. The summed E-state index contributed by atoms with van der Waals surface area (Å²) in [6.45, 7) is 0.366. The van der Waals surface area contributed by atoms with Crippen molar-refractivity contribution in [3.05, 3.63) is 60.2 Å². The molecular weight excluding hydrogens is 230 g/mol. The number of fused-ring (bicyclic) bond motifs is 1. The predicted molar refractivity (Wildman–Crippen MR) is 66.1 cm³/mol. The number of rotatable bonds is 3. The molecule has 0 radical (unpaired) electrons. The molecule has 0 spiro atoms. The maximum atomic E-state index is 12.0. The van der Waals surface area contributed by atoms with E-state index in [1.165, 1.54) is 6.26 Å². The Morgan fingerprint density at radius 1 is 1.11 bits per heavy atom. The van der Waals surface area contributed by atoms with Crippen molar-refractivity contribution in [2.75, 3.05) is 0 Å². The quantitative estimate of drug-likeness (QED) is 0.767. The summed E-state index contributed by atoms with van der Waals surface area (Å²) < 4.78 is 10.5. The molecule has 3 aromatic rings. The Morgan fingerprint density at radius 3 is 2.83 bits per heavy atom. The summed E-state index contributed by atoms with van der Waals surface area (Å²) in [4.78, 5) is 12.0. The van der Waals surface area contributed by atoms with Crippen molar-refractivity contribution in [2.24, 2.45) is 0 Å². The average Bonchev–Trinajstić information content (AvgIpc) is 3.05. The van der Waals surface area contributed by atoms with E-state index in [-0.39, 0.29) is 5.91 Å². The molecule has 18 heavy (non-hydrogen) atoms. The normalized spacial score (nSPS) is 10.7. The van der Waals surface area contributed by atoms with Gasteiger partial charge in [0.05, 0.1) is 18.4 Å². The van der Waals surface area contributed by atoms with Gasteiger partial charge in [-0.15, -0.1) is 0 Å². The summed E-state index contributed by atoms with van der Waals surface area (Å²) in [7, 11) is 0. The van der Waals surface area contributed by atoms with E-state index < -0.39 is 0 Å². The Kier molecular flexibility index (Phi) is 2.61. The van der Waals surface area contributed by atoms with Crippen LogP contribution < -0.4 is 5.32 Å². The van der Waals surface area contributed by atoms with Gasteiger partial charge in [0.25, 0.3) is 5.91 Å². The van der Waals surface area contributed by atoms with Crippen molar-refractivity contribution in [2.45, 2.75) is 6.54 Å². The molecular formula is C14H11NO3. The highest BCUT2D eigenvalue weighted by molar-refractivity contribution is 6.05. The number of amides is 1. The molecule has 0 bridgehead atoms. The van der Waals surface area contributed by atoms with Gasteiger partial charge in [-0.05, 0) is 18.2 Å². The van der Waals surface area contributed by atoms with Gasteiger partial charge in [-0.25, -0.2) is 0 Å². The smallest absolute Gasteiger partial charge is 0.255 e. The van der Waals surface area contributed by atoms with E-state index >= 15 is 0 Å². The molecule has 4 nitrogen and oxygen atoms in total. The lowest BCUT2D eigenvalue weighted by atomic mass is 10.1. The zero-order chi connectivity index (χ0) is 12.4. The molecule has 4 heteroatoms. The third-order valence-electron chi connectivity index (χ3n) is 2.73. The molecule has 0 unspecified atom stereocenters. The van der Waals surface area contributed by atoms with E-state index in [1.54, 1.807) is 12.3 Å². The molecule has 0 saturated heterocycles. The molecule has 0 aliphatic heterocycles. The molecule has 2 heterocycles. The van der Waals surface area contributed by atoms with Crippen LogP contribution in [-0.4, -0.2) is 5.91 Å². The largest absolute Gasteiger partial charge is 0.467 e. The fraction of sp³-hybridized carbons (Fsp3) is 0.0714. The highest BCUT2D eigenvalue weighted by atomic mass is 16.3. The first-order chi connectivity index (χ1) is 8.84. The van der Waals surface area contributed by atoms with Gasteiger partial charge in [-0.1, -0.05) is 18.2 Å². The molecule has 0 saturated carbocycles. The van der Waals surface area contributed by atoms with Gasteiger partial charge in [0.1, 0.15) is 17.6 Å². The monoisotopic (exact) mass is 241 g/mol. The fourth-order valence-corrected chi connectivity index (χ4v) is 1.83. The Hall–Kier alpha value is -2.49. The van der Waals surface area contributed by atoms with Crippen molar-refractivity contribution in [1.82, 2.24) is 5.32 Å². The van der Waals surface area contributed by atoms with Gasteiger partial charge in [0.2, 0.25) is 0 Å². The van der Waals surface area contributed by atoms with Crippen LogP contribution in [0.15, 0.2) is 57.8 Å². The first kappa shape index (κ1) is 10.7. The minimum atomic E-state index is -0.170. The van der Waals surface area contributed by atoms with Crippen LogP contribution >= 0.6 is 0 Å². The Balaban J connectivity index is 1.80. The molecule has 3 rings (SSSR count).